The van der Waals surface area contributed by atoms with Crippen LogP contribution in [-0.2, 0) is 0 Å². The average Bonchev–Trinajstić information content (AvgIpc) is 2.60. The van der Waals surface area contributed by atoms with Gasteiger partial charge >= 0.3 is 0 Å². The van der Waals surface area contributed by atoms with Crippen molar-refractivity contribution in [1.82, 2.24) is 5.32 Å². The average molecular weight is 331 g/mol. The smallest absolute Gasteiger partial charge is 0.107 e. The molecule has 2 aromatic rings. The highest BCUT2D eigenvalue weighted by molar-refractivity contribution is 9.10. The second-order valence-corrected chi connectivity index (χ2v) is 6.45. The lowest BCUT2D eigenvalue weighted by Crippen LogP contribution is -2.16. The van der Waals surface area contributed by atoms with E-state index in [1.807, 2.05) is 7.05 Å². The van der Waals surface area contributed by atoms with Crippen LogP contribution in [0.3, 0.4) is 0 Å². The summed E-state index contributed by atoms with van der Waals surface area (Å²) in [5.74, 6) is 0. The molecule has 1 atom stereocenters. The molecule has 1 unspecified atom stereocenters. The van der Waals surface area contributed by atoms with Gasteiger partial charge in [0.05, 0.1) is 6.04 Å². The molecule has 90 valence electrons. The van der Waals surface area contributed by atoms with Crippen LogP contribution in [0.5, 0.6) is 0 Å². The van der Waals surface area contributed by atoms with Crippen LogP contribution in [0.2, 0.25) is 4.34 Å². The summed E-state index contributed by atoms with van der Waals surface area (Å²) in [4.78, 5) is 1.22. The Morgan fingerprint density at radius 1 is 1.35 bits per heavy atom. The van der Waals surface area contributed by atoms with Crippen molar-refractivity contribution in [3.63, 3.8) is 0 Å². The first-order valence-electron chi connectivity index (χ1n) is 5.30. The van der Waals surface area contributed by atoms with Gasteiger partial charge in [0.15, 0.2) is 0 Å². The van der Waals surface area contributed by atoms with Crippen molar-refractivity contribution in [2.75, 3.05) is 7.05 Å². The fourth-order valence-electron chi connectivity index (χ4n) is 1.83. The summed E-state index contributed by atoms with van der Waals surface area (Å²) in [7, 11) is 1.97. The topological polar surface area (TPSA) is 12.0 Å². The minimum absolute atomic E-state index is 0.198. The molecule has 1 N–H and O–H groups in total. The maximum Gasteiger partial charge on any atom is 0.107 e. The summed E-state index contributed by atoms with van der Waals surface area (Å²) in [5, 5.41) is 3.33. The quantitative estimate of drug-likeness (QED) is 0.854. The van der Waals surface area contributed by atoms with Crippen LogP contribution in [0.15, 0.2) is 34.8 Å². The van der Waals surface area contributed by atoms with Gasteiger partial charge < -0.3 is 5.32 Å². The number of halogens is 2. The monoisotopic (exact) mass is 329 g/mol. The van der Waals surface area contributed by atoms with Crippen molar-refractivity contribution in [2.24, 2.45) is 0 Å². The number of rotatable bonds is 3. The highest BCUT2D eigenvalue weighted by Gasteiger charge is 2.16. The standard InChI is InChI=1S/C13H13BrClNS/c1-8-4-3-5-9(6-8)12(16-2)11-7-10(14)13(15)17-11/h3-7,12,16H,1-2H3. The molecule has 1 nitrogen and oxygen atoms in total. The van der Waals surface area contributed by atoms with Gasteiger partial charge in [-0.2, -0.15) is 0 Å². The van der Waals surface area contributed by atoms with Crippen molar-refractivity contribution >= 4 is 38.9 Å². The van der Waals surface area contributed by atoms with Gasteiger partial charge in [-0.05, 0) is 41.5 Å². The van der Waals surface area contributed by atoms with Crippen LogP contribution in [0.1, 0.15) is 22.0 Å². The summed E-state index contributed by atoms with van der Waals surface area (Å²) < 4.78 is 1.76. The van der Waals surface area contributed by atoms with E-state index in [9.17, 15) is 0 Å². The molecule has 0 bridgehead atoms. The Balaban J connectivity index is 2.39. The molecule has 0 fully saturated rings. The molecule has 0 saturated carbocycles. The van der Waals surface area contributed by atoms with Gasteiger partial charge in [-0.3, -0.25) is 0 Å². The molecular weight excluding hydrogens is 318 g/mol. The molecule has 1 aromatic carbocycles. The maximum atomic E-state index is 6.09. The minimum atomic E-state index is 0.198. The predicted octanol–water partition coefficient (Wildman–Crippen LogP) is 4.78. The second-order valence-electron chi connectivity index (χ2n) is 3.91. The number of benzene rings is 1. The highest BCUT2D eigenvalue weighted by atomic mass is 79.9. The summed E-state index contributed by atoms with van der Waals surface area (Å²) in [6, 6.07) is 10.8. The van der Waals surface area contributed by atoms with Crippen LogP contribution in [-0.4, -0.2) is 7.05 Å². The minimum Gasteiger partial charge on any atom is -0.309 e. The summed E-state index contributed by atoms with van der Waals surface area (Å²) in [6.45, 7) is 2.10. The fraction of sp³-hybridized carbons (Fsp3) is 0.231. The predicted molar refractivity (Wildman–Crippen MR) is 79.1 cm³/mol. The summed E-state index contributed by atoms with van der Waals surface area (Å²) >= 11 is 11.1. The van der Waals surface area contributed by atoms with Crippen LogP contribution >= 0.6 is 38.9 Å². The zero-order valence-electron chi connectivity index (χ0n) is 9.63. The van der Waals surface area contributed by atoms with E-state index in [2.05, 4.69) is 58.5 Å². The molecular formula is C13H13BrClNS. The molecule has 1 aromatic heterocycles. The zero-order valence-corrected chi connectivity index (χ0v) is 12.8. The van der Waals surface area contributed by atoms with Crippen molar-refractivity contribution in [3.8, 4) is 0 Å². The van der Waals surface area contributed by atoms with Gasteiger partial charge in [0.2, 0.25) is 0 Å². The lowest BCUT2D eigenvalue weighted by Gasteiger charge is -2.15. The van der Waals surface area contributed by atoms with E-state index in [-0.39, 0.29) is 6.04 Å². The van der Waals surface area contributed by atoms with E-state index in [4.69, 9.17) is 11.6 Å². The summed E-state index contributed by atoms with van der Waals surface area (Å²) in [5.41, 5.74) is 2.53. The molecule has 17 heavy (non-hydrogen) atoms. The number of aryl methyl sites for hydroxylation is 1. The Morgan fingerprint density at radius 2 is 2.12 bits per heavy atom. The SMILES string of the molecule is CNC(c1cccc(C)c1)c1cc(Br)c(Cl)s1. The van der Waals surface area contributed by atoms with E-state index in [0.29, 0.717) is 0 Å². The lowest BCUT2D eigenvalue weighted by atomic mass is 10.0. The number of hydrogen-bond acceptors (Lipinski definition) is 2. The lowest BCUT2D eigenvalue weighted by molar-refractivity contribution is 0.703. The number of hydrogen-bond donors (Lipinski definition) is 1. The zero-order chi connectivity index (χ0) is 12.4. The van der Waals surface area contributed by atoms with Crippen molar-refractivity contribution in [1.29, 1.82) is 0 Å². The molecule has 0 radical (unpaired) electrons. The molecule has 0 aliphatic rings. The molecule has 0 aliphatic heterocycles. The van der Waals surface area contributed by atoms with Crippen LogP contribution < -0.4 is 5.32 Å². The second kappa shape index (κ2) is 5.53. The third-order valence-electron chi connectivity index (χ3n) is 2.61. The Hall–Kier alpha value is -0.350. The molecule has 0 saturated heterocycles. The fourth-order valence-corrected chi connectivity index (χ4v) is 3.70. The van der Waals surface area contributed by atoms with E-state index >= 15 is 0 Å². The largest absolute Gasteiger partial charge is 0.309 e. The first-order valence-corrected chi connectivity index (χ1v) is 7.29. The third kappa shape index (κ3) is 2.91. The van der Waals surface area contributed by atoms with Gasteiger partial charge in [-0.25, -0.2) is 0 Å². The van der Waals surface area contributed by atoms with E-state index in [0.717, 1.165) is 8.81 Å². The van der Waals surface area contributed by atoms with E-state index in [1.165, 1.54) is 16.0 Å². The number of nitrogens with one attached hydrogen (secondary N) is 1. The van der Waals surface area contributed by atoms with Crippen LogP contribution in [0.4, 0.5) is 0 Å². The first-order chi connectivity index (χ1) is 8.11. The van der Waals surface area contributed by atoms with Crippen molar-refractivity contribution in [2.45, 2.75) is 13.0 Å². The van der Waals surface area contributed by atoms with Gasteiger partial charge in [-0.15, -0.1) is 11.3 Å². The Bertz CT molecular complexity index is 504. The molecule has 0 aliphatic carbocycles. The summed E-state index contributed by atoms with van der Waals surface area (Å²) in [6.07, 6.45) is 0. The van der Waals surface area contributed by atoms with E-state index < -0.39 is 0 Å². The molecule has 2 rings (SSSR count). The number of thiophene rings is 1. The van der Waals surface area contributed by atoms with Gasteiger partial charge in [0.1, 0.15) is 4.34 Å². The Kier molecular flexibility index (Phi) is 4.26. The highest BCUT2D eigenvalue weighted by Crippen LogP contribution is 2.37. The Morgan fingerprint density at radius 3 is 2.65 bits per heavy atom. The van der Waals surface area contributed by atoms with E-state index in [1.54, 1.807) is 11.3 Å². The van der Waals surface area contributed by atoms with Crippen molar-refractivity contribution < 1.29 is 0 Å². The van der Waals surface area contributed by atoms with Crippen LogP contribution in [0.25, 0.3) is 0 Å². The third-order valence-corrected chi connectivity index (χ3v) is 5.15. The molecule has 4 heteroatoms. The molecule has 0 spiro atoms. The normalized spacial score (nSPS) is 12.7. The Labute approximate surface area is 119 Å². The maximum absolute atomic E-state index is 6.09. The van der Waals surface area contributed by atoms with Gasteiger partial charge in [0, 0.05) is 9.35 Å². The molecule has 0 amide bonds. The molecule has 1 heterocycles. The van der Waals surface area contributed by atoms with Gasteiger partial charge in [0.25, 0.3) is 0 Å². The van der Waals surface area contributed by atoms with Crippen molar-refractivity contribution in [3.05, 3.63) is 55.1 Å². The van der Waals surface area contributed by atoms with Crippen LogP contribution in [0, 0.1) is 6.92 Å². The van der Waals surface area contributed by atoms with Gasteiger partial charge in [-0.1, -0.05) is 41.4 Å². The first kappa shape index (κ1) is 13.1.